The summed E-state index contributed by atoms with van der Waals surface area (Å²) in [4.78, 5) is 0. The molecular formula is C25H43NO3. The molecule has 0 bridgehead atoms. The first-order valence-electron chi connectivity index (χ1n) is 11.5. The summed E-state index contributed by atoms with van der Waals surface area (Å²) in [6.45, 7) is 7.58. The van der Waals surface area contributed by atoms with Crippen LogP contribution in [0.15, 0.2) is 18.2 Å². The van der Waals surface area contributed by atoms with E-state index in [2.05, 4.69) is 26.8 Å². The molecule has 4 nitrogen and oxygen atoms in total. The van der Waals surface area contributed by atoms with Crippen LogP contribution in [0.4, 0.5) is 0 Å². The molecule has 0 spiro atoms. The number of aliphatic hydroxyl groups excluding tert-OH is 1. The molecule has 1 aromatic carbocycles. The van der Waals surface area contributed by atoms with Crippen molar-refractivity contribution in [3.8, 4) is 11.5 Å². The topological polar surface area (TPSA) is 64.7 Å². The third kappa shape index (κ3) is 8.18. The minimum atomic E-state index is -0.489. The van der Waals surface area contributed by atoms with E-state index in [4.69, 9.17) is 15.2 Å². The highest BCUT2D eigenvalue weighted by molar-refractivity contribution is 5.41. The Kier molecular flexibility index (Phi) is 9.78. The number of methoxy groups -OCH3 is 1. The van der Waals surface area contributed by atoms with Gasteiger partial charge in [-0.1, -0.05) is 58.9 Å². The van der Waals surface area contributed by atoms with Gasteiger partial charge in [-0.25, -0.2) is 0 Å². The lowest BCUT2D eigenvalue weighted by Gasteiger charge is -2.36. The Morgan fingerprint density at radius 3 is 2.55 bits per heavy atom. The van der Waals surface area contributed by atoms with Gasteiger partial charge in [-0.05, 0) is 55.1 Å². The van der Waals surface area contributed by atoms with Crippen LogP contribution in [-0.4, -0.2) is 31.0 Å². The zero-order chi connectivity index (χ0) is 21.3. The van der Waals surface area contributed by atoms with Gasteiger partial charge >= 0.3 is 0 Å². The summed E-state index contributed by atoms with van der Waals surface area (Å²) in [6.07, 6.45) is 10.0. The van der Waals surface area contributed by atoms with Gasteiger partial charge in [-0.2, -0.15) is 0 Å². The van der Waals surface area contributed by atoms with Crippen LogP contribution in [0.25, 0.3) is 0 Å². The number of rotatable bonds is 14. The Balaban J connectivity index is 1.85. The molecule has 2 atom stereocenters. The Hall–Kier alpha value is -1.26. The molecule has 1 aliphatic carbocycles. The number of nitrogens with two attached hydrogens (primary N) is 1. The molecule has 0 saturated heterocycles. The van der Waals surface area contributed by atoms with Crippen LogP contribution in [0, 0.1) is 17.8 Å². The number of benzene rings is 1. The zero-order valence-corrected chi connectivity index (χ0v) is 19.1. The molecule has 0 aliphatic heterocycles. The van der Waals surface area contributed by atoms with Crippen molar-refractivity contribution in [1.29, 1.82) is 0 Å². The molecule has 4 heteroatoms. The van der Waals surface area contributed by atoms with Crippen LogP contribution in [0.5, 0.6) is 11.5 Å². The number of hydrogen-bond acceptors (Lipinski definition) is 4. The fourth-order valence-electron chi connectivity index (χ4n) is 4.12. The van der Waals surface area contributed by atoms with Crippen molar-refractivity contribution >= 4 is 0 Å². The van der Waals surface area contributed by atoms with Crippen molar-refractivity contribution in [1.82, 2.24) is 0 Å². The third-order valence-electron chi connectivity index (χ3n) is 6.40. The Morgan fingerprint density at radius 2 is 1.97 bits per heavy atom. The lowest BCUT2D eigenvalue weighted by Crippen LogP contribution is -2.46. The summed E-state index contributed by atoms with van der Waals surface area (Å²) in [5, 5.41) is 9.84. The smallest absolute Gasteiger partial charge is 0.125 e. The van der Waals surface area contributed by atoms with E-state index in [1.165, 1.54) is 38.5 Å². The number of aliphatic hydroxyl groups is 1. The third-order valence-corrected chi connectivity index (χ3v) is 6.40. The van der Waals surface area contributed by atoms with Gasteiger partial charge in [0, 0.05) is 11.6 Å². The van der Waals surface area contributed by atoms with Crippen molar-refractivity contribution < 1.29 is 14.6 Å². The highest BCUT2D eigenvalue weighted by Gasteiger charge is 2.31. The quantitative estimate of drug-likeness (QED) is 0.438. The van der Waals surface area contributed by atoms with Gasteiger partial charge in [0.2, 0.25) is 0 Å². The largest absolute Gasteiger partial charge is 0.496 e. The minimum absolute atomic E-state index is 0.0434. The Morgan fingerprint density at radius 1 is 1.21 bits per heavy atom. The van der Waals surface area contributed by atoms with Gasteiger partial charge in [-0.15, -0.1) is 0 Å². The Bertz CT molecular complexity index is 600. The van der Waals surface area contributed by atoms with Crippen LogP contribution in [-0.2, 0) is 6.42 Å². The molecular weight excluding hydrogens is 362 g/mol. The summed E-state index contributed by atoms with van der Waals surface area (Å²) in [5.74, 6) is 3.71. The first kappa shape index (κ1) is 24.0. The second-order valence-corrected chi connectivity index (χ2v) is 9.74. The summed E-state index contributed by atoms with van der Waals surface area (Å²) < 4.78 is 11.6. The molecule has 0 amide bonds. The van der Waals surface area contributed by atoms with Crippen molar-refractivity contribution in [2.75, 3.05) is 20.3 Å². The molecule has 0 radical (unpaired) electrons. The van der Waals surface area contributed by atoms with Crippen LogP contribution < -0.4 is 15.2 Å². The standard InChI is InChI=1S/C25H43NO3/c1-19(2)7-5-8-20(3)17-29-23-12-11-22(24(15-23)28-4)13-14-25(26,18-27)16-21-9-6-10-21/h11-12,15,19-21,27H,5-10,13-14,16-18,26H2,1-4H3/t20?,25-/m0/s1. The predicted molar refractivity (Wildman–Crippen MR) is 121 cm³/mol. The van der Waals surface area contributed by atoms with E-state index in [1.54, 1.807) is 7.11 Å². The molecule has 1 unspecified atom stereocenters. The van der Waals surface area contributed by atoms with Crippen LogP contribution in [0.2, 0.25) is 0 Å². The van der Waals surface area contributed by atoms with Gasteiger partial charge in [0.05, 0.1) is 20.3 Å². The Labute approximate surface area is 178 Å². The summed E-state index contributed by atoms with van der Waals surface area (Å²) in [7, 11) is 1.70. The SMILES string of the molecule is COc1cc(OCC(C)CCCC(C)C)ccc1CC[C@@](N)(CO)CC1CCC1. The summed E-state index contributed by atoms with van der Waals surface area (Å²) in [6, 6.07) is 6.10. The summed E-state index contributed by atoms with van der Waals surface area (Å²) in [5.41, 5.74) is 7.14. The normalized spacial score (nSPS) is 17.6. The van der Waals surface area contributed by atoms with Gasteiger partial charge in [-0.3, -0.25) is 0 Å². The van der Waals surface area contributed by atoms with E-state index in [0.29, 0.717) is 11.8 Å². The van der Waals surface area contributed by atoms with E-state index in [-0.39, 0.29) is 6.61 Å². The van der Waals surface area contributed by atoms with Gasteiger partial charge in [0.15, 0.2) is 0 Å². The fraction of sp³-hybridized carbons (Fsp3) is 0.760. The molecule has 1 aromatic rings. The second-order valence-electron chi connectivity index (χ2n) is 9.74. The molecule has 29 heavy (non-hydrogen) atoms. The van der Waals surface area contributed by atoms with E-state index >= 15 is 0 Å². The highest BCUT2D eigenvalue weighted by atomic mass is 16.5. The maximum atomic E-state index is 9.84. The minimum Gasteiger partial charge on any atom is -0.496 e. The summed E-state index contributed by atoms with van der Waals surface area (Å²) >= 11 is 0. The first-order chi connectivity index (χ1) is 13.8. The maximum absolute atomic E-state index is 9.84. The predicted octanol–water partition coefficient (Wildman–Crippen LogP) is 5.35. The van der Waals surface area contributed by atoms with Crippen molar-refractivity contribution in [2.24, 2.45) is 23.5 Å². The monoisotopic (exact) mass is 405 g/mol. The molecule has 1 saturated carbocycles. The van der Waals surface area contributed by atoms with Crippen LogP contribution in [0.1, 0.15) is 77.7 Å². The van der Waals surface area contributed by atoms with E-state index in [1.807, 2.05) is 12.1 Å². The molecule has 0 aromatic heterocycles. The van der Waals surface area contributed by atoms with Crippen LogP contribution >= 0.6 is 0 Å². The van der Waals surface area contributed by atoms with Crippen LogP contribution in [0.3, 0.4) is 0 Å². The average molecular weight is 406 g/mol. The number of hydrogen-bond donors (Lipinski definition) is 2. The second kappa shape index (κ2) is 11.8. The molecule has 2 rings (SSSR count). The highest BCUT2D eigenvalue weighted by Crippen LogP contribution is 2.35. The van der Waals surface area contributed by atoms with Gasteiger partial charge in [0.25, 0.3) is 0 Å². The van der Waals surface area contributed by atoms with Gasteiger partial charge in [0.1, 0.15) is 11.5 Å². The van der Waals surface area contributed by atoms with E-state index < -0.39 is 5.54 Å². The zero-order valence-electron chi connectivity index (χ0n) is 19.1. The lowest BCUT2D eigenvalue weighted by atomic mass is 9.75. The van der Waals surface area contributed by atoms with E-state index in [9.17, 15) is 5.11 Å². The molecule has 1 fully saturated rings. The van der Waals surface area contributed by atoms with E-state index in [0.717, 1.165) is 48.8 Å². The maximum Gasteiger partial charge on any atom is 0.125 e. The lowest BCUT2D eigenvalue weighted by molar-refractivity contribution is 0.135. The van der Waals surface area contributed by atoms with Crippen molar-refractivity contribution in [3.63, 3.8) is 0 Å². The van der Waals surface area contributed by atoms with Crippen molar-refractivity contribution in [3.05, 3.63) is 23.8 Å². The number of aryl methyl sites for hydroxylation is 1. The molecule has 1 aliphatic rings. The number of ether oxygens (including phenoxy) is 2. The molecule has 166 valence electrons. The fourth-order valence-corrected chi connectivity index (χ4v) is 4.12. The average Bonchev–Trinajstić information content (AvgIpc) is 2.67. The molecule has 0 heterocycles. The van der Waals surface area contributed by atoms with Gasteiger partial charge < -0.3 is 20.3 Å². The van der Waals surface area contributed by atoms with Crippen molar-refractivity contribution in [2.45, 2.75) is 84.1 Å². The first-order valence-corrected chi connectivity index (χ1v) is 11.5. The molecule has 3 N–H and O–H groups in total.